The normalized spacial score (nSPS) is 20.8. The van der Waals surface area contributed by atoms with Crippen molar-refractivity contribution in [3.8, 4) is 0 Å². The molecule has 8 heteroatoms. The Bertz CT molecular complexity index is 493. The van der Waals surface area contributed by atoms with Crippen LogP contribution in [-0.2, 0) is 9.59 Å². The summed E-state index contributed by atoms with van der Waals surface area (Å²) in [5.41, 5.74) is 4.68. The van der Waals surface area contributed by atoms with Crippen LogP contribution in [0.1, 0.15) is 32.7 Å². The first-order chi connectivity index (χ1) is 8.32. The van der Waals surface area contributed by atoms with Crippen LogP contribution in [0.25, 0.3) is 0 Å². The molecule has 3 N–H and O–H groups in total. The number of carbonyl (C=O) groups is 2. The number of rotatable bonds is 2. The van der Waals surface area contributed by atoms with Gasteiger partial charge >= 0.3 is 6.01 Å². The molecule has 18 heavy (non-hydrogen) atoms. The molecule has 1 aliphatic rings. The second-order valence-electron chi connectivity index (χ2n) is 4.73. The SMILES string of the molecule is CC(N)c1nnc(N2CC(=O)NC(=O)C2(C)C)o1. The smallest absolute Gasteiger partial charge is 0.319 e. The highest BCUT2D eigenvalue weighted by Gasteiger charge is 2.43. The summed E-state index contributed by atoms with van der Waals surface area (Å²) in [4.78, 5) is 24.6. The molecule has 2 amide bonds. The quantitative estimate of drug-likeness (QED) is 0.672. The highest BCUT2D eigenvalue weighted by atomic mass is 16.4. The zero-order valence-corrected chi connectivity index (χ0v) is 10.4. The molecule has 1 fully saturated rings. The molecule has 1 aliphatic heterocycles. The van der Waals surface area contributed by atoms with Crippen molar-refractivity contribution in [2.24, 2.45) is 5.73 Å². The lowest BCUT2D eigenvalue weighted by molar-refractivity contribution is -0.135. The van der Waals surface area contributed by atoms with Crippen molar-refractivity contribution in [1.82, 2.24) is 15.5 Å². The maximum absolute atomic E-state index is 11.8. The molecular formula is C10H15N5O3. The minimum absolute atomic E-state index is 0.0146. The summed E-state index contributed by atoms with van der Waals surface area (Å²) in [6, 6.07) is -0.279. The molecule has 2 rings (SSSR count). The Balaban J connectivity index is 2.34. The van der Waals surface area contributed by atoms with Gasteiger partial charge in [0.2, 0.25) is 11.8 Å². The molecule has 1 unspecified atom stereocenters. The summed E-state index contributed by atoms with van der Waals surface area (Å²) in [6.45, 7) is 5.03. The van der Waals surface area contributed by atoms with Gasteiger partial charge in [-0.3, -0.25) is 14.9 Å². The molecule has 0 radical (unpaired) electrons. The van der Waals surface area contributed by atoms with Crippen LogP contribution in [0.5, 0.6) is 0 Å². The van der Waals surface area contributed by atoms with E-state index >= 15 is 0 Å². The van der Waals surface area contributed by atoms with Gasteiger partial charge in [0.25, 0.3) is 5.91 Å². The summed E-state index contributed by atoms with van der Waals surface area (Å²) >= 11 is 0. The Labute approximate surface area is 104 Å². The van der Waals surface area contributed by atoms with E-state index in [1.54, 1.807) is 20.8 Å². The van der Waals surface area contributed by atoms with E-state index in [1.807, 2.05) is 0 Å². The molecule has 1 aromatic rings. The second-order valence-corrected chi connectivity index (χ2v) is 4.73. The third-order valence-electron chi connectivity index (χ3n) is 2.84. The van der Waals surface area contributed by atoms with Crippen LogP contribution >= 0.6 is 0 Å². The Morgan fingerprint density at radius 3 is 2.67 bits per heavy atom. The maximum Gasteiger partial charge on any atom is 0.319 e. The second kappa shape index (κ2) is 4.05. The number of imide groups is 1. The summed E-state index contributed by atoms with van der Waals surface area (Å²) in [6.07, 6.45) is 0. The number of hydrogen-bond acceptors (Lipinski definition) is 7. The van der Waals surface area contributed by atoms with Crippen molar-refractivity contribution in [2.45, 2.75) is 32.4 Å². The summed E-state index contributed by atoms with van der Waals surface area (Å²) < 4.78 is 5.36. The van der Waals surface area contributed by atoms with Gasteiger partial charge in [0.05, 0.1) is 6.04 Å². The highest BCUT2D eigenvalue weighted by molar-refractivity contribution is 6.06. The number of amides is 2. The molecule has 0 aliphatic carbocycles. The van der Waals surface area contributed by atoms with E-state index in [-0.39, 0.29) is 18.5 Å². The van der Waals surface area contributed by atoms with Gasteiger partial charge in [0.1, 0.15) is 12.1 Å². The number of piperazine rings is 1. The van der Waals surface area contributed by atoms with Gasteiger partial charge in [-0.2, -0.15) is 0 Å². The fraction of sp³-hybridized carbons (Fsp3) is 0.600. The van der Waals surface area contributed by atoms with Crippen LogP contribution in [0, 0.1) is 0 Å². The lowest BCUT2D eigenvalue weighted by Crippen LogP contribution is -2.64. The standard InChI is InChI=1S/C10H15N5O3/c1-5(11)7-13-14-9(18-7)15-4-6(16)12-8(17)10(15,2)3/h5H,4,11H2,1-3H3,(H,12,16,17). The van der Waals surface area contributed by atoms with Crippen LogP contribution < -0.4 is 16.0 Å². The van der Waals surface area contributed by atoms with Gasteiger partial charge in [0.15, 0.2) is 0 Å². The van der Waals surface area contributed by atoms with E-state index in [2.05, 4.69) is 15.5 Å². The van der Waals surface area contributed by atoms with Crippen molar-refractivity contribution in [3.05, 3.63) is 5.89 Å². The van der Waals surface area contributed by atoms with Gasteiger partial charge in [-0.1, -0.05) is 5.10 Å². The number of anilines is 1. The third kappa shape index (κ3) is 1.94. The average molecular weight is 253 g/mol. The Hall–Kier alpha value is -1.96. The fourth-order valence-corrected chi connectivity index (χ4v) is 1.61. The van der Waals surface area contributed by atoms with E-state index in [9.17, 15) is 9.59 Å². The van der Waals surface area contributed by atoms with Gasteiger partial charge in [0, 0.05) is 0 Å². The molecule has 2 heterocycles. The topological polar surface area (TPSA) is 114 Å². The van der Waals surface area contributed by atoms with E-state index in [1.165, 1.54) is 4.90 Å². The van der Waals surface area contributed by atoms with E-state index < -0.39 is 23.4 Å². The van der Waals surface area contributed by atoms with Gasteiger partial charge in [-0.05, 0) is 20.8 Å². The molecule has 1 atom stereocenters. The molecule has 8 nitrogen and oxygen atoms in total. The number of nitrogens with one attached hydrogen (secondary N) is 1. The number of aromatic nitrogens is 2. The third-order valence-corrected chi connectivity index (χ3v) is 2.84. The first kappa shape index (κ1) is 12.5. The van der Waals surface area contributed by atoms with Crippen molar-refractivity contribution >= 4 is 17.8 Å². The van der Waals surface area contributed by atoms with E-state index in [0.29, 0.717) is 0 Å². The summed E-state index contributed by atoms with van der Waals surface area (Å²) in [5, 5.41) is 9.87. The van der Waals surface area contributed by atoms with Crippen molar-refractivity contribution in [2.75, 3.05) is 11.4 Å². The van der Waals surface area contributed by atoms with Gasteiger partial charge in [-0.25, -0.2) is 0 Å². The van der Waals surface area contributed by atoms with Crippen molar-refractivity contribution in [3.63, 3.8) is 0 Å². The predicted octanol–water partition coefficient (Wildman–Crippen LogP) is -0.669. The first-order valence-corrected chi connectivity index (χ1v) is 5.53. The zero-order chi connectivity index (χ0) is 13.5. The average Bonchev–Trinajstić information content (AvgIpc) is 2.72. The Morgan fingerprint density at radius 1 is 1.44 bits per heavy atom. The number of carbonyl (C=O) groups excluding carboxylic acids is 2. The molecule has 1 aromatic heterocycles. The highest BCUT2D eigenvalue weighted by Crippen LogP contribution is 2.26. The Morgan fingerprint density at radius 2 is 2.11 bits per heavy atom. The van der Waals surface area contributed by atoms with Crippen molar-refractivity contribution < 1.29 is 14.0 Å². The largest absolute Gasteiger partial charge is 0.406 e. The summed E-state index contributed by atoms with van der Waals surface area (Å²) in [7, 11) is 0. The molecule has 0 saturated carbocycles. The van der Waals surface area contributed by atoms with Crippen LogP contribution in [0.2, 0.25) is 0 Å². The Kier molecular flexibility index (Phi) is 2.81. The minimum atomic E-state index is -0.935. The minimum Gasteiger partial charge on any atom is -0.406 e. The number of nitrogens with two attached hydrogens (primary N) is 1. The number of hydrogen-bond donors (Lipinski definition) is 2. The van der Waals surface area contributed by atoms with E-state index in [4.69, 9.17) is 10.2 Å². The fourth-order valence-electron chi connectivity index (χ4n) is 1.61. The monoisotopic (exact) mass is 253 g/mol. The first-order valence-electron chi connectivity index (χ1n) is 5.53. The maximum atomic E-state index is 11.8. The van der Waals surface area contributed by atoms with Crippen LogP contribution in [0.3, 0.4) is 0 Å². The van der Waals surface area contributed by atoms with Gasteiger partial charge in [-0.15, -0.1) is 5.10 Å². The van der Waals surface area contributed by atoms with Crippen LogP contribution in [0.15, 0.2) is 4.42 Å². The molecular weight excluding hydrogens is 238 g/mol. The lowest BCUT2D eigenvalue weighted by atomic mass is 9.99. The molecule has 98 valence electrons. The molecule has 0 bridgehead atoms. The van der Waals surface area contributed by atoms with Gasteiger partial charge < -0.3 is 15.1 Å². The number of nitrogens with zero attached hydrogens (tertiary/aromatic N) is 3. The van der Waals surface area contributed by atoms with Crippen LogP contribution in [-0.4, -0.2) is 34.1 Å². The van der Waals surface area contributed by atoms with E-state index in [0.717, 1.165) is 0 Å². The molecule has 1 saturated heterocycles. The molecule has 0 aromatic carbocycles. The zero-order valence-electron chi connectivity index (χ0n) is 10.4. The predicted molar refractivity (Wildman–Crippen MR) is 61.5 cm³/mol. The van der Waals surface area contributed by atoms with Crippen molar-refractivity contribution in [1.29, 1.82) is 0 Å². The lowest BCUT2D eigenvalue weighted by Gasteiger charge is -2.38. The summed E-state index contributed by atoms with van der Waals surface area (Å²) in [5.74, 6) is -0.543. The molecule has 0 spiro atoms. The van der Waals surface area contributed by atoms with Crippen LogP contribution in [0.4, 0.5) is 6.01 Å².